The van der Waals surface area contributed by atoms with Crippen LogP contribution in [0.15, 0.2) is 21.7 Å². The Hall–Kier alpha value is -1.93. The predicted octanol–water partition coefficient (Wildman–Crippen LogP) is 2.16. The van der Waals surface area contributed by atoms with Crippen molar-refractivity contribution in [1.82, 2.24) is 4.90 Å². The fourth-order valence-electron chi connectivity index (χ4n) is 2.86. The number of nitro groups is 1. The fraction of sp³-hybridized carbons (Fsp3) is 0.667. The average Bonchev–Trinajstić information content (AvgIpc) is 2.97. The van der Waals surface area contributed by atoms with Gasteiger partial charge in [0.05, 0.1) is 6.07 Å². The van der Waals surface area contributed by atoms with E-state index in [-0.39, 0.29) is 18.3 Å². The van der Waals surface area contributed by atoms with Crippen LogP contribution in [0.4, 0.5) is 5.88 Å². The molecule has 0 spiro atoms. The second-order valence-electron chi connectivity index (χ2n) is 5.94. The molecular formula is C15H23N3O5. The summed E-state index contributed by atoms with van der Waals surface area (Å²) in [6.07, 6.45) is 4.12. The molecule has 3 unspecified atom stereocenters. The van der Waals surface area contributed by atoms with E-state index < -0.39 is 11.0 Å². The highest BCUT2D eigenvalue weighted by Crippen LogP contribution is 2.22. The molecule has 0 aliphatic carbocycles. The SMILES string of the molecule is CC1CCCC(C)N1CC(O)CO/N=C/c1ccc([N+](=O)[O-])o1. The number of β-amino-alcohol motifs (C(OH)–C–C–N with tert-alkyl or cyclic N) is 1. The van der Waals surface area contributed by atoms with E-state index >= 15 is 0 Å². The lowest BCUT2D eigenvalue weighted by atomic mass is 9.97. The average molecular weight is 325 g/mol. The summed E-state index contributed by atoms with van der Waals surface area (Å²) in [4.78, 5) is 17.2. The fourth-order valence-corrected chi connectivity index (χ4v) is 2.86. The van der Waals surface area contributed by atoms with Gasteiger partial charge in [-0.05, 0) is 32.8 Å². The third kappa shape index (κ3) is 5.04. The number of hydrogen-bond acceptors (Lipinski definition) is 7. The number of rotatable bonds is 7. The van der Waals surface area contributed by atoms with Gasteiger partial charge in [0.15, 0.2) is 5.76 Å². The monoisotopic (exact) mass is 325 g/mol. The van der Waals surface area contributed by atoms with Crippen molar-refractivity contribution in [3.8, 4) is 0 Å². The number of likely N-dealkylation sites (tertiary alicyclic amines) is 1. The van der Waals surface area contributed by atoms with E-state index in [1.165, 1.54) is 24.8 Å². The van der Waals surface area contributed by atoms with Gasteiger partial charge in [-0.15, -0.1) is 0 Å². The largest absolute Gasteiger partial charge is 0.433 e. The topological polar surface area (TPSA) is 101 Å². The molecule has 1 aliphatic rings. The first kappa shape index (κ1) is 17.4. The first-order chi connectivity index (χ1) is 11.0. The molecule has 0 bridgehead atoms. The number of aliphatic hydroxyl groups is 1. The molecule has 1 saturated heterocycles. The summed E-state index contributed by atoms with van der Waals surface area (Å²) >= 11 is 0. The smallest absolute Gasteiger partial charge is 0.400 e. The Balaban J connectivity index is 1.74. The number of hydrogen-bond donors (Lipinski definition) is 1. The highest BCUT2D eigenvalue weighted by molar-refractivity contribution is 5.75. The molecule has 2 heterocycles. The maximum atomic E-state index is 10.5. The Morgan fingerprint density at radius 3 is 2.83 bits per heavy atom. The van der Waals surface area contributed by atoms with Crippen molar-refractivity contribution in [1.29, 1.82) is 0 Å². The van der Waals surface area contributed by atoms with Crippen molar-refractivity contribution in [2.24, 2.45) is 5.16 Å². The lowest BCUT2D eigenvalue weighted by Gasteiger charge is -2.39. The molecule has 8 heteroatoms. The van der Waals surface area contributed by atoms with Crippen molar-refractivity contribution in [2.45, 2.75) is 51.3 Å². The van der Waals surface area contributed by atoms with Gasteiger partial charge >= 0.3 is 5.88 Å². The molecule has 1 N–H and O–H groups in total. The third-order valence-electron chi connectivity index (χ3n) is 4.11. The van der Waals surface area contributed by atoms with Gasteiger partial charge in [0.2, 0.25) is 0 Å². The summed E-state index contributed by atoms with van der Waals surface area (Å²) in [7, 11) is 0. The molecule has 23 heavy (non-hydrogen) atoms. The first-order valence-electron chi connectivity index (χ1n) is 7.80. The highest BCUT2D eigenvalue weighted by atomic mass is 16.7. The predicted molar refractivity (Wildman–Crippen MR) is 84.4 cm³/mol. The summed E-state index contributed by atoms with van der Waals surface area (Å²) < 4.78 is 4.90. The van der Waals surface area contributed by atoms with Gasteiger partial charge in [0.25, 0.3) is 0 Å². The second kappa shape index (κ2) is 8.07. The van der Waals surface area contributed by atoms with Crippen molar-refractivity contribution in [3.63, 3.8) is 0 Å². The van der Waals surface area contributed by atoms with Crippen LogP contribution in [0.1, 0.15) is 38.9 Å². The number of aliphatic hydroxyl groups excluding tert-OH is 1. The standard InChI is InChI=1S/C15H23N3O5/c1-11-4-3-5-12(2)17(11)9-13(19)10-22-16-8-14-6-7-15(23-14)18(20)21/h6-8,11-13,19H,3-5,9-10H2,1-2H3/b16-8+. The Morgan fingerprint density at radius 1 is 1.52 bits per heavy atom. The summed E-state index contributed by atoms with van der Waals surface area (Å²) in [6.45, 7) is 4.95. The Morgan fingerprint density at radius 2 is 2.22 bits per heavy atom. The van der Waals surface area contributed by atoms with Gasteiger partial charge in [0, 0.05) is 18.6 Å². The quantitative estimate of drug-likeness (QED) is 0.468. The van der Waals surface area contributed by atoms with E-state index in [0.29, 0.717) is 18.6 Å². The molecule has 0 amide bonds. The van der Waals surface area contributed by atoms with Gasteiger partial charge in [-0.25, -0.2) is 0 Å². The Labute approximate surface area is 134 Å². The first-order valence-corrected chi connectivity index (χ1v) is 7.80. The van der Waals surface area contributed by atoms with Gasteiger partial charge in [-0.3, -0.25) is 15.0 Å². The molecular weight excluding hydrogens is 302 g/mol. The van der Waals surface area contributed by atoms with E-state index in [2.05, 4.69) is 23.9 Å². The minimum absolute atomic E-state index is 0.0647. The molecule has 1 fully saturated rings. The normalized spacial score (nSPS) is 24.0. The molecule has 128 valence electrons. The molecule has 3 atom stereocenters. The Bertz CT molecular complexity index is 535. The van der Waals surface area contributed by atoms with Crippen molar-refractivity contribution < 1.29 is 19.3 Å². The van der Waals surface area contributed by atoms with Crippen molar-refractivity contribution in [2.75, 3.05) is 13.2 Å². The minimum Gasteiger partial charge on any atom is -0.400 e. The Kier molecular flexibility index (Phi) is 6.12. The molecule has 0 aromatic carbocycles. The van der Waals surface area contributed by atoms with Crippen LogP contribution in [0.2, 0.25) is 0 Å². The number of furan rings is 1. The van der Waals surface area contributed by atoms with Crippen molar-refractivity contribution >= 4 is 12.1 Å². The highest BCUT2D eigenvalue weighted by Gasteiger charge is 2.26. The zero-order chi connectivity index (χ0) is 16.8. The van der Waals surface area contributed by atoms with E-state index in [4.69, 9.17) is 9.25 Å². The summed E-state index contributed by atoms with van der Waals surface area (Å²) in [6, 6.07) is 3.59. The van der Waals surface area contributed by atoms with Crippen molar-refractivity contribution in [3.05, 3.63) is 28.0 Å². The summed E-state index contributed by atoms with van der Waals surface area (Å²) in [5, 5.41) is 24.2. The summed E-state index contributed by atoms with van der Waals surface area (Å²) in [5.41, 5.74) is 0. The van der Waals surface area contributed by atoms with Crippen LogP contribution < -0.4 is 0 Å². The zero-order valence-electron chi connectivity index (χ0n) is 13.4. The van der Waals surface area contributed by atoms with E-state index in [1.807, 2.05) is 0 Å². The van der Waals surface area contributed by atoms with E-state index in [1.54, 1.807) is 0 Å². The molecule has 0 saturated carbocycles. The zero-order valence-corrected chi connectivity index (χ0v) is 13.4. The molecule has 2 rings (SSSR count). The van der Waals surface area contributed by atoms with E-state index in [9.17, 15) is 15.2 Å². The number of oxime groups is 1. The van der Waals surface area contributed by atoms with Gasteiger partial charge in [-0.1, -0.05) is 11.6 Å². The third-order valence-corrected chi connectivity index (χ3v) is 4.11. The lowest BCUT2D eigenvalue weighted by molar-refractivity contribution is -0.402. The van der Waals surface area contributed by atoms with Crippen LogP contribution in [0, 0.1) is 10.1 Å². The van der Waals surface area contributed by atoms with Gasteiger partial charge in [0.1, 0.15) is 23.8 Å². The van der Waals surface area contributed by atoms with Crippen LogP contribution in [0.5, 0.6) is 0 Å². The minimum atomic E-state index is -0.638. The maximum Gasteiger partial charge on any atom is 0.433 e. The molecule has 8 nitrogen and oxygen atoms in total. The second-order valence-corrected chi connectivity index (χ2v) is 5.94. The van der Waals surface area contributed by atoms with Crippen LogP contribution in [-0.4, -0.2) is 52.5 Å². The van der Waals surface area contributed by atoms with E-state index in [0.717, 1.165) is 12.8 Å². The van der Waals surface area contributed by atoms with Crippen LogP contribution in [-0.2, 0) is 4.84 Å². The molecule has 1 aromatic rings. The molecule has 1 aromatic heterocycles. The van der Waals surface area contributed by atoms with Crippen LogP contribution in [0.25, 0.3) is 0 Å². The molecule has 1 aliphatic heterocycles. The van der Waals surface area contributed by atoms with Crippen LogP contribution in [0.3, 0.4) is 0 Å². The number of piperidine rings is 1. The molecule has 0 radical (unpaired) electrons. The lowest BCUT2D eigenvalue weighted by Crippen LogP contribution is -2.48. The van der Waals surface area contributed by atoms with Crippen LogP contribution >= 0.6 is 0 Å². The maximum absolute atomic E-state index is 10.5. The number of nitrogens with zero attached hydrogens (tertiary/aromatic N) is 3. The van der Waals surface area contributed by atoms with Gasteiger partial charge in [-0.2, -0.15) is 0 Å². The van der Waals surface area contributed by atoms with Gasteiger partial charge < -0.3 is 14.4 Å². The summed E-state index contributed by atoms with van der Waals surface area (Å²) in [5.74, 6) is -0.121.